The fourth-order valence-electron chi connectivity index (χ4n) is 2.13. The Bertz CT molecular complexity index is 673. The van der Waals surface area contributed by atoms with Crippen LogP contribution in [0.15, 0.2) is 42.5 Å². The minimum absolute atomic E-state index is 0.0815. The summed E-state index contributed by atoms with van der Waals surface area (Å²) < 4.78 is 15.9. The summed E-state index contributed by atoms with van der Waals surface area (Å²) in [6.07, 6.45) is 0.265. The van der Waals surface area contributed by atoms with E-state index >= 15 is 0 Å². The molecule has 0 aromatic heterocycles. The van der Waals surface area contributed by atoms with E-state index in [0.717, 1.165) is 5.56 Å². The Morgan fingerprint density at radius 2 is 1.75 bits per heavy atom. The molecule has 0 heterocycles. The van der Waals surface area contributed by atoms with Gasteiger partial charge in [-0.15, -0.1) is 0 Å². The van der Waals surface area contributed by atoms with Crippen molar-refractivity contribution in [2.24, 2.45) is 0 Å². The van der Waals surface area contributed by atoms with Crippen molar-refractivity contribution in [1.82, 2.24) is 5.32 Å². The topological polar surface area (TPSA) is 56.8 Å². The van der Waals surface area contributed by atoms with E-state index in [4.69, 9.17) is 25.8 Å². The normalized spacial score (nSPS) is 10.1. The molecule has 1 N–H and O–H groups in total. The van der Waals surface area contributed by atoms with Crippen molar-refractivity contribution in [2.45, 2.75) is 6.42 Å². The van der Waals surface area contributed by atoms with Crippen LogP contribution in [0.4, 0.5) is 0 Å². The molecule has 2 aromatic rings. The standard InChI is InChI=1S/C18H20ClNO4/c1-22-16-8-3-13(11-17(16)23-2)12-18(21)20-9-10-24-15-6-4-14(19)5-7-15/h3-8,11H,9-10,12H2,1-2H3,(H,20,21). The third-order valence-corrected chi connectivity index (χ3v) is 3.57. The molecule has 2 rings (SSSR count). The first kappa shape index (κ1) is 17.9. The van der Waals surface area contributed by atoms with Crippen LogP contribution < -0.4 is 19.5 Å². The Hall–Kier alpha value is -2.40. The second-order valence-corrected chi connectivity index (χ2v) is 5.45. The Balaban J connectivity index is 1.76. The van der Waals surface area contributed by atoms with E-state index in [1.165, 1.54) is 0 Å². The highest BCUT2D eigenvalue weighted by Crippen LogP contribution is 2.27. The monoisotopic (exact) mass is 349 g/mol. The molecule has 6 heteroatoms. The van der Waals surface area contributed by atoms with E-state index in [0.29, 0.717) is 35.4 Å². The van der Waals surface area contributed by atoms with E-state index in [2.05, 4.69) is 5.32 Å². The molecule has 24 heavy (non-hydrogen) atoms. The lowest BCUT2D eigenvalue weighted by atomic mass is 10.1. The largest absolute Gasteiger partial charge is 0.493 e. The summed E-state index contributed by atoms with van der Waals surface area (Å²) in [5.74, 6) is 1.88. The summed E-state index contributed by atoms with van der Waals surface area (Å²) >= 11 is 5.80. The third kappa shape index (κ3) is 5.35. The van der Waals surface area contributed by atoms with Gasteiger partial charge in [-0.1, -0.05) is 17.7 Å². The molecule has 0 radical (unpaired) electrons. The third-order valence-electron chi connectivity index (χ3n) is 3.32. The molecular formula is C18H20ClNO4. The van der Waals surface area contributed by atoms with Crippen LogP contribution in [-0.4, -0.2) is 33.3 Å². The van der Waals surface area contributed by atoms with Gasteiger partial charge in [0, 0.05) is 5.02 Å². The fourth-order valence-corrected chi connectivity index (χ4v) is 2.25. The molecule has 0 fully saturated rings. The first-order valence-electron chi connectivity index (χ1n) is 7.48. The van der Waals surface area contributed by atoms with Crippen LogP contribution in [0.2, 0.25) is 5.02 Å². The van der Waals surface area contributed by atoms with Crippen molar-refractivity contribution in [3.05, 3.63) is 53.1 Å². The van der Waals surface area contributed by atoms with Crippen LogP contribution in [0, 0.1) is 0 Å². The van der Waals surface area contributed by atoms with Gasteiger partial charge >= 0.3 is 0 Å². The van der Waals surface area contributed by atoms with E-state index in [-0.39, 0.29) is 12.3 Å². The number of hydrogen-bond donors (Lipinski definition) is 1. The second kappa shape index (κ2) is 9.03. The maximum atomic E-state index is 12.0. The molecule has 0 bridgehead atoms. The average Bonchev–Trinajstić information content (AvgIpc) is 2.60. The van der Waals surface area contributed by atoms with Gasteiger partial charge in [0.2, 0.25) is 5.91 Å². The molecule has 0 atom stereocenters. The number of methoxy groups -OCH3 is 2. The van der Waals surface area contributed by atoms with Crippen molar-refractivity contribution < 1.29 is 19.0 Å². The summed E-state index contributed by atoms with van der Waals surface area (Å²) in [4.78, 5) is 12.0. The minimum atomic E-state index is -0.0815. The van der Waals surface area contributed by atoms with Crippen molar-refractivity contribution in [3.63, 3.8) is 0 Å². The van der Waals surface area contributed by atoms with E-state index in [1.54, 1.807) is 50.6 Å². The van der Waals surface area contributed by atoms with Gasteiger partial charge in [-0.25, -0.2) is 0 Å². The van der Waals surface area contributed by atoms with E-state index < -0.39 is 0 Å². The summed E-state index contributed by atoms with van der Waals surface area (Å²) in [6, 6.07) is 12.5. The molecule has 0 unspecified atom stereocenters. The van der Waals surface area contributed by atoms with Crippen LogP contribution in [-0.2, 0) is 11.2 Å². The van der Waals surface area contributed by atoms with Gasteiger partial charge < -0.3 is 19.5 Å². The zero-order chi connectivity index (χ0) is 17.4. The quantitative estimate of drug-likeness (QED) is 0.744. The second-order valence-electron chi connectivity index (χ2n) is 5.02. The predicted octanol–water partition coefficient (Wildman–Crippen LogP) is 3.09. The zero-order valence-electron chi connectivity index (χ0n) is 13.7. The first-order valence-corrected chi connectivity index (χ1v) is 7.86. The summed E-state index contributed by atoms with van der Waals surface area (Å²) in [7, 11) is 3.14. The molecule has 0 aliphatic carbocycles. The molecule has 2 aromatic carbocycles. The number of carbonyl (C=O) groups excluding carboxylic acids is 1. The number of hydrogen-bond acceptors (Lipinski definition) is 4. The zero-order valence-corrected chi connectivity index (χ0v) is 14.4. The fraction of sp³-hybridized carbons (Fsp3) is 0.278. The van der Waals surface area contributed by atoms with Crippen LogP contribution in [0.25, 0.3) is 0 Å². The molecule has 0 spiro atoms. The van der Waals surface area contributed by atoms with Crippen LogP contribution in [0.5, 0.6) is 17.2 Å². The first-order chi connectivity index (χ1) is 11.6. The van der Waals surface area contributed by atoms with Crippen molar-refractivity contribution in [3.8, 4) is 17.2 Å². The SMILES string of the molecule is COc1ccc(CC(=O)NCCOc2ccc(Cl)cc2)cc1OC. The molecule has 0 saturated heterocycles. The highest BCUT2D eigenvalue weighted by molar-refractivity contribution is 6.30. The average molecular weight is 350 g/mol. The molecule has 128 valence electrons. The van der Waals surface area contributed by atoms with Gasteiger partial charge in [0.05, 0.1) is 27.2 Å². The lowest BCUT2D eigenvalue weighted by Crippen LogP contribution is -2.29. The number of halogens is 1. The van der Waals surface area contributed by atoms with Gasteiger partial charge in [-0.05, 0) is 42.0 Å². The Morgan fingerprint density at radius 3 is 2.42 bits per heavy atom. The minimum Gasteiger partial charge on any atom is -0.493 e. The summed E-state index contributed by atoms with van der Waals surface area (Å²) in [5, 5.41) is 3.47. The van der Waals surface area contributed by atoms with Crippen LogP contribution >= 0.6 is 11.6 Å². The maximum absolute atomic E-state index is 12.0. The van der Waals surface area contributed by atoms with Crippen LogP contribution in [0.1, 0.15) is 5.56 Å². The van der Waals surface area contributed by atoms with Crippen LogP contribution in [0.3, 0.4) is 0 Å². The van der Waals surface area contributed by atoms with Crippen molar-refractivity contribution >= 4 is 17.5 Å². The summed E-state index contributed by atoms with van der Waals surface area (Å²) in [5.41, 5.74) is 0.851. The van der Waals surface area contributed by atoms with Crippen molar-refractivity contribution in [1.29, 1.82) is 0 Å². The number of ether oxygens (including phenoxy) is 3. The van der Waals surface area contributed by atoms with E-state index in [9.17, 15) is 4.79 Å². The van der Waals surface area contributed by atoms with Gasteiger partial charge in [0.15, 0.2) is 11.5 Å². The van der Waals surface area contributed by atoms with Crippen molar-refractivity contribution in [2.75, 3.05) is 27.4 Å². The molecule has 0 saturated carbocycles. The Labute approximate surface area is 146 Å². The van der Waals surface area contributed by atoms with E-state index in [1.807, 2.05) is 6.07 Å². The number of amides is 1. The molecule has 1 amide bonds. The predicted molar refractivity (Wildman–Crippen MR) is 93.2 cm³/mol. The number of rotatable bonds is 8. The number of carbonyl (C=O) groups is 1. The molecule has 0 aliphatic heterocycles. The Kier molecular flexibility index (Phi) is 6.75. The Morgan fingerprint density at radius 1 is 1.04 bits per heavy atom. The smallest absolute Gasteiger partial charge is 0.224 e. The highest BCUT2D eigenvalue weighted by atomic mass is 35.5. The highest BCUT2D eigenvalue weighted by Gasteiger charge is 2.08. The van der Waals surface area contributed by atoms with Gasteiger partial charge in [0.1, 0.15) is 12.4 Å². The lowest BCUT2D eigenvalue weighted by molar-refractivity contribution is -0.120. The number of benzene rings is 2. The summed E-state index contributed by atoms with van der Waals surface area (Å²) in [6.45, 7) is 0.814. The molecule has 0 aliphatic rings. The molecule has 5 nitrogen and oxygen atoms in total. The van der Waals surface area contributed by atoms with Gasteiger partial charge in [-0.3, -0.25) is 4.79 Å². The molecular weight excluding hydrogens is 330 g/mol. The number of nitrogens with one attached hydrogen (secondary N) is 1. The van der Waals surface area contributed by atoms with Gasteiger partial charge in [-0.2, -0.15) is 0 Å². The lowest BCUT2D eigenvalue weighted by Gasteiger charge is -2.10. The maximum Gasteiger partial charge on any atom is 0.224 e. The van der Waals surface area contributed by atoms with Gasteiger partial charge in [0.25, 0.3) is 0 Å².